The van der Waals surface area contributed by atoms with Crippen molar-refractivity contribution in [2.24, 2.45) is 5.73 Å². The number of nitrogens with zero attached hydrogens (tertiary/aromatic N) is 2. The van der Waals surface area contributed by atoms with E-state index in [9.17, 15) is 9.65 Å². The highest BCUT2D eigenvalue weighted by Gasteiger charge is 2.34. The molecule has 1 unspecified atom stereocenters. The lowest BCUT2D eigenvalue weighted by Gasteiger charge is -2.38. The van der Waals surface area contributed by atoms with E-state index < -0.39 is 5.66 Å². The highest BCUT2D eigenvalue weighted by molar-refractivity contribution is 7.80. The van der Waals surface area contributed by atoms with Gasteiger partial charge in [0.15, 0.2) is 5.11 Å². The van der Waals surface area contributed by atoms with E-state index >= 15 is 0 Å². The molecule has 1 aliphatic heterocycles. The number of rotatable bonds is 4. The Labute approximate surface area is 138 Å². The summed E-state index contributed by atoms with van der Waals surface area (Å²) < 4.78 is 13.8. The number of halogens is 2. The standard InChI is InChI=1S/C15H14ClFN4S/c16-12-4-3-5-13(17)11(12)6-9-21-8-2-1-7-15(21,10-18)20-14(19)22/h1-5,7-8H,6,9H2,(H3,19,20,22). The molecule has 0 spiro atoms. The lowest BCUT2D eigenvalue weighted by molar-refractivity contribution is 0.235. The van der Waals surface area contributed by atoms with Gasteiger partial charge in [0.05, 0.1) is 0 Å². The van der Waals surface area contributed by atoms with Crippen LogP contribution < -0.4 is 11.1 Å². The zero-order valence-electron chi connectivity index (χ0n) is 11.6. The molecule has 4 nitrogen and oxygen atoms in total. The third-order valence-electron chi connectivity index (χ3n) is 3.32. The van der Waals surface area contributed by atoms with Crippen molar-refractivity contribution in [2.45, 2.75) is 12.1 Å². The summed E-state index contributed by atoms with van der Waals surface area (Å²) in [7, 11) is 0. The van der Waals surface area contributed by atoms with E-state index in [2.05, 4.69) is 11.4 Å². The minimum absolute atomic E-state index is 0.00965. The summed E-state index contributed by atoms with van der Waals surface area (Å²) in [6.07, 6.45) is 7.21. The molecule has 0 saturated carbocycles. The Morgan fingerprint density at radius 2 is 2.27 bits per heavy atom. The molecular formula is C15H14ClFN4S. The largest absolute Gasteiger partial charge is 0.376 e. The molecule has 3 N–H and O–H groups in total. The van der Waals surface area contributed by atoms with Gasteiger partial charge in [-0.25, -0.2) is 4.39 Å². The fraction of sp³-hybridized carbons (Fsp3) is 0.200. The predicted molar refractivity (Wildman–Crippen MR) is 88.4 cm³/mol. The van der Waals surface area contributed by atoms with Crippen molar-refractivity contribution in [1.29, 1.82) is 5.26 Å². The van der Waals surface area contributed by atoms with Gasteiger partial charge >= 0.3 is 0 Å². The third-order valence-corrected chi connectivity index (χ3v) is 3.77. The molecule has 1 heterocycles. The molecular weight excluding hydrogens is 323 g/mol. The monoisotopic (exact) mass is 336 g/mol. The van der Waals surface area contributed by atoms with Gasteiger partial charge < -0.3 is 16.0 Å². The smallest absolute Gasteiger partial charge is 0.221 e. The van der Waals surface area contributed by atoms with Crippen molar-refractivity contribution in [1.82, 2.24) is 10.2 Å². The highest BCUT2D eigenvalue weighted by atomic mass is 35.5. The maximum absolute atomic E-state index is 13.8. The molecule has 2 rings (SSSR count). The van der Waals surface area contributed by atoms with Gasteiger partial charge in [0.25, 0.3) is 0 Å². The summed E-state index contributed by atoms with van der Waals surface area (Å²) >= 11 is 10.9. The van der Waals surface area contributed by atoms with Gasteiger partial charge in [0.2, 0.25) is 5.66 Å². The molecule has 7 heteroatoms. The fourth-order valence-electron chi connectivity index (χ4n) is 2.25. The number of nitrogens with two attached hydrogens (primary N) is 1. The number of benzene rings is 1. The molecule has 22 heavy (non-hydrogen) atoms. The van der Waals surface area contributed by atoms with E-state index in [1.54, 1.807) is 41.5 Å². The van der Waals surface area contributed by atoms with Gasteiger partial charge in [-0.3, -0.25) is 0 Å². The summed E-state index contributed by atoms with van der Waals surface area (Å²) in [5, 5.41) is 12.7. The van der Waals surface area contributed by atoms with Crippen LogP contribution in [0.25, 0.3) is 0 Å². The van der Waals surface area contributed by atoms with E-state index in [1.807, 2.05) is 0 Å². The minimum Gasteiger partial charge on any atom is -0.376 e. The van der Waals surface area contributed by atoms with Crippen molar-refractivity contribution in [3.63, 3.8) is 0 Å². The van der Waals surface area contributed by atoms with Gasteiger partial charge in [-0.1, -0.05) is 23.7 Å². The van der Waals surface area contributed by atoms with Gasteiger partial charge in [0, 0.05) is 23.3 Å². The second-order valence-electron chi connectivity index (χ2n) is 4.71. The van der Waals surface area contributed by atoms with Crippen molar-refractivity contribution >= 4 is 28.9 Å². The first-order valence-electron chi connectivity index (χ1n) is 6.53. The van der Waals surface area contributed by atoms with E-state index in [1.165, 1.54) is 6.07 Å². The second-order valence-corrected chi connectivity index (χ2v) is 5.56. The lowest BCUT2D eigenvalue weighted by Crippen LogP contribution is -2.59. The summed E-state index contributed by atoms with van der Waals surface area (Å²) in [6.45, 7) is 0.366. The molecule has 1 atom stereocenters. The molecule has 0 fully saturated rings. The van der Waals surface area contributed by atoms with Crippen LogP contribution in [0.2, 0.25) is 5.02 Å². The first-order valence-corrected chi connectivity index (χ1v) is 7.31. The van der Waals surface area contributed by atoms with Crippen LogP contribution in [-0.2, 0) is 6.42 Å². The summed E-state index contributed by atoms with van der Waals surface area (Å²) in [5.74, 6) is -0.367. The van der Waals surface area contributed by atoms with E-state index in [-0.39, 0.29) is 10.9 Å². The molecule has 0 aromatic heterocycles. The van der Waals surface area contributed by atoms with Crippen LogP contribution in [0.3, 0.4) is 0 Å². The van der Waals surface area contributed by atoms with Crippen LogP contribution in [0.15, 0.2) is 42.6 Å². The predicted octanol–water partition coefficient (Wildman–Crippen LogP) is 2.46. The van der Waals surface area contributed by atoms with Crippen LogP contribution in [0.4, 0.5) is 4.39 Å². The first-order chi connectivity index (χ1) is 10.5. The zero-order valence-corrected chi connectivity index (χ0v) is 13.2. The SMILES string of the molecule is N#CC1(NC(N)=S)C=CC=CN1CCc1c(F)cccc1Cl. The van der Waals surface area contributed by atoms with Crippen LogP contribution in [0, 0.1) is 17.1 Å². The molecule has 1 aliphatic rings. The number of nitrogens with one attached hydrogen (secondary N) is 1. The van der Waals surface area contributed by atoms with Gasteiger partial charge in [-0.2, -0.15) is 5.26 Å². The number of hydrogen-bond acceptors (Lipinski definition) is 3. The Kier molecular flexibility index (Phi) is 5.01. The topological polar surface area (TPSA) is 65.1 Å². The van der Waals surface area contributed by atoms with Crippen molar-refractivity contribution in [2.75, 3.05) is 6.54 Å². The summed E-state index contributed by atoms with van der Waals surface area (Å²) in [6, 6.07) is 6.70. The number of nitriles is 1. The first kappa shape index (κ1) is 16.3. The maximum atomic E-state index is 13.8. The third kappa shape index (κ3) is 3.38. The Morgan fingerprint density at radius 3 is 2.91 bits per heavy atom. The minimum atomic E-state index is -1.18. The lowest BCUT2D eigenvalue weighted by atomic mass is 10.0. The number of thiocarbonyl (C=S) groups is 1. The molecule has 114 valence electrons. The van der Waals surface area contributed by atoms with Crippen LogP contribution in [0.1, 0.15) is 5.56 Å². The van der Waals surface area contributed by atoms with Crippen LogP contribution >= 0.6 is 23.8 Å². The van der Waals surface area contributed by atoms with Crippen LogP contribution in [0.5, 0.6) is 0 Å². The average molecular weight is 337 g/mol. The number of hydrogen-bond donors (Lipinski definition) is 2. The summed E-state index contributed by atoms with van der Waals surface area (Å²) in [4.78, 5) is 1.70. The van der Waals surface area contributed by atoms with E-state index in [4.69, 9.17) is 29.6 Å². The molecule has 0 radical (unpaired) electrons. The Morgan fingerprint density at radius 1 is 1.50 bits per heavy atom. The fourth-order valence-corrected chi connectivity index (χ4v) is 2.66. The van der Waals surface area contributed by atoms with Crippen molar-refractivity contribution < 1.29 is 4.39 Å². The van der Waals surface area contributed by atoms with Gasteiger partial charge in [-0.05, 0) is 42.9 Å². The van der Waals surface area contributed by atoms with E-state index in [0.29, 0.717) is 23.6 Å². The molecule has 1 aromatic carbocycles. The maximum Gasteiger partial charge on any atom is 0.221 e. The van der Waals surface area contributed by atoms with E-state index in [0.717, 1.165) is 0 Å². The van der Waals surface area contributed by atoms with Crippen LogP contribution in [-0.4, -0.2) is 22.2 Å². The van der Waals surface area contributed by atoms with Gasteiger partial charge in [0.1, 0.15) is 11.9 Å². The quantitative estimate of drug-likeness (QED) is 0.827. The normalized spacial score (nSPS) is 19.8. The second kappa shape index (κ2) is 6.77. The number of allylic oxidation sites excluding steroid dienone is 2. The average Bonchev–Trinajstić information content (AvgIpc) is 2.47. The van der Waals surface area contributed by atoms with Crippen molar-refractivity contribution in [3.05, 3.63) is 59.0 Å². The summed E-state index contributed by atoms with van der Waals surface area (Å²) in [5.41, 5.74) is 4.73. The molecule has 0 bridgehead atoms. The molecule has 1 aromatic rings. The Hall–Kier alpha value is -2.10. The van der Waals surface area contributed by atoms with Gasteiger partial charge in [-0.15, -0.1) is 0 Å². The molecule has 0 amide bonds. The highest BCUT2D eigenvalue weighted by Crippen LogP contribution is 2.23. The molecule has 0 saturated heterocycles. The zero-order chi connectivity index (χ0) is 16.2. The molecule has 0 aliphatic carbocycles. The Balaban J connectivity index is 2.20. The van der Waals surface area contributed by atoms with Crippen molar-refractivity contribution in [3.8, 4) is 6.07 Å². The Bertz CT molecular complexity index is 662.